The lowest BCUT2D eigenvalue weighted by atomic mass is 9.79. The maximum Gasteiger partial charge on any atom is 0.257 e. The Morgan fingerprint density at radius 1 is 1.25 bits per heavy atom. The Bertz CT molecular complexity index is 974. The molecule has 174 valence electrons. The molecule has 0 radical (unpaired) electrons. The van der Waals surface area contributed by atoms with Crippen LogP contribution in [-0.2, 0) is 15.1 Å². The van der Waals surface area contributed by atoms with Gasteiger partial charge >= 0.3 is 0 Å². The standard InChI is InChI=1S/C23H34N6O3/c1-5-15-7-9-16(10-8-15)23(6-2,21(32)26-14-18(24)30)28-20(31)17-13-27-29-19(17)25-12-11-22(29,3)4/h7,9,13,25H,5-6,8,10-12,14H2,1-4H3,(H2,24,30)(H,26,32)(H,28,31). The number of nitrogens with two attached hydrogens (primary N) is 1. The number of carbonyl (C=O) groups excluding carboxylic acids is 3. The normalized spacial score (nSPS) is 18.9. The lowest BCUT2D eigenvalue weighted by molar-refractivity contribution is -0.128. The summed E-state index contributed by atoms with van der Waals surface area (Å²) in [6.07, 6.45) is 9.09. The van der Waals surface area contributed by atoms with Gasteiger partial charge in [-0.3, -0.25) is 14.4 Å². The number of hydrogen-bond acceptors (Lipinski definition) is 5. The number of carbonyl (C=O) groups is 3. The van der Waals surface area contributed by atoms with Crippen LogP contribution in [0.5, 0.6) is 0 Å². The fourth-order valence-electron chi connectivity index (χ4n) is 4.41. The minimum atomic E-state index is -1.29. The van der Waals surface area contributed by atoms with Crippen molar-refractivity contribution in [2.75, 3.05) is 18.4 Å². The van der Waals surface area contributed by atoms with Crippen molar-refractivity contribution < 1.29 is 14.4 Å². The van der Waals surface area contributed by atoms with E-state index in [0.29, 0.717) is 24.2 Å². The number of amides is 3. The molecule has 9 heteroatoms. The number of nitrogens with one attached hydrogen (secondary N) is 3. The third-order valence-corrected chi connectivity index (χ3v) is 6.52. The second-order valence-electron chi connectivity index (χ2n) is 9.04. The van der Waals surface area contributed by atoms with Gasteiger partial charge in [0.05, 0.1) is 18.3 Å². The number of aromatic nitrogens is 2. The molecular weight excluding hydrogens is 408 g/mol. The lowest BCUT2D eigenvalue weighted by Gasteiger charge is -2.36. The first kappa shape index (κ1) is 23.6. The fraction of sp³-hybridized carbons (Fsp3) is 0.565. The van der Waals surface area contributed by atoms with Crippen LogP contribution in [0.1, 0.15) is 70.2 Å². The number of hydrogen-bond donors (Lipinski definition) is 4. The molecule has 1 atom stereocenters. The molecule has 3 amide bonds. The molecule has 1 unspecified atom stereocenters. The molecule has 0 aromatic carbocycles. The van der Waals surface area contributed by atoms with Crippen molar-refractivity contribution in [3.63, 3.8) is 0 Å². The summed E-state index contributed by atoms with van der Waals surface area (Å²) in [5, 5.41) is 13.3. The second-order valence-corrected chi connectivity index (χ2v) is 9.04. The molecule has 9 nitrogen and oxygen atoms in total. The summed E-state index contributed by atoms with van der Waals surface area (Å²) < 4.78 is 1.82. The summed E-state index contributed by atoms with van der Waals surface area (Å²) in [5.41, 5.74) is 6.22. The molecule has 1 aromatic heterocycles. The summed E-state index contributed by atoms with van der Waals surface area (Å²) in [6.45, 7) is 8.52. The summed E-state index contributed by atoms with van der Waals surface area (Å²) in [4.78, 5) is 38.1. The highest BCUT2D eigenvalue weighted by molar-refractivity contribution is 6.04. The molecule has 0 saturated carbocycles. The van der Waals surface area contributed by atoms with E-state index in [1.807, 2.05) is 23.8 Å². The van der Waals surface area contributed by atoms with Crippen LogP contribution in [0.15, 0.2) is 29.5 Å². The molecule has 2 heterocycles. The van der Waals surface area contributed by atoms with Crippen molar-refractivity contribution in [1.29, 1.82) is 0 Å². The summed E-state index contributed by atoms with van der Waals surface area (Å²) in [5.74, 6) is -0.829. The third kappa shape index (κ3) is 4.42. The predicted octanol–water partition coefficient (Wildman–Crippen LogP) is 1.97. The van der Waals surface area contributed by atoms with Gasteiger partial charge in [0.15, 0.2) is 0 Å². The lowest BCUT2D eigenvalue weighted by Crippen LogP contribution is -2.60. The van der Waals surface area contributed by atoms with Crippen LogP contribution in [0, 0.1) is 0 Å². The van der Waals surface area contributed by atoms with Gasteiger partial charge in [-0.1, -0.05) is 31.6 Å². The largest absolute Gasteiger partial charge is 0.370 e. The molecule has 1 aliphatic heterocycles. The Morgan fingerprint density at radius 2 is 2.00 bits per heavy atom. The zero-order valence-corrected chi connectivity index (χ0v) is 19.4. The summed E-state index contributed by atoms with van der Waals surface area (Å²) in [7, 11) is 0. The van der Waals surface area contributed by atoms with Crippen molar-refractivity contribution in [3.8, 4) is 0 Å². The van der Waals surface area contributed by atoms with Gasteiger partial charge in [-0.05, 0) is 51.5 Å². The van der Waals surface area contributed by atoms with E-state index in [9.17, 15) is 14.4 Å². The van der Waals surface area contributed by atoms with E-state index in [1.54, 1.807) is 0 Å². The monoisotopic (exact) mass is 442 g/mol. The molecular formula is C23H34N6O3. The minimum Gasteiger partial charge on any atom is -0.370 e. The van der Waals surface area contributed by atoms with Gasteiger partial charge in [-0.2, -0.15) is 5.10 Å². The SMILES string of the molecule is CCC1=CC=C(C(CC)(NC(=O)c2cnn3c2NCCC3(C)C)C(=O)NCC(N)=O)CC1. The third-order valence-electron chi connectivity index (χ3n) is 6.52. The zero-order chi connectivity index (χ0) is 23.5. The fourth-order valence-corrected chi connectivity index (χ4v) is 4.41. The van der Waals surface area contributed by atoms with Crippen molar-refractivity contribution in [2.24, 2.45) is 5.73 Å². The molecule has 2 aliphatic rings. The van der Waals surface area contributed by atoms with Gasteiger partial charge in [0, 0.05) is 6.54 Å². The topological polar surface area (TPSA) is 131 Å². The first-order valence-electron chi connectivity index (χ1n) is 11.2. The maximum atomic E-state index is 13.5. The van der Waals surface area contributed by atoms with Crippen LogP contribution in [-0.4, -0.2) is 46.1 Å². The van der Waals surface area contributed by atoms with E-state index in [-0.39, 0.29) is 12.1 Å². The molecule has 0 fully saturated rings. The van der Waals surface area contributed by atoms with Gasteiger partial charge in [-0.15, -0.1) is 0 Å². The average molecular weight is 443 g/mol. The molecule has 1 aliphatic carbocycles. The Hall–Kier alpha value is -3.10. The van der Waals surface area contributed by atoms with Crippen molar-refractivity contribution >= 4 is 23.5 Å². The zero-order valence-electron chi connectivity index (χ0n) is 19.4. The number of allylic oxidation sites excluding steroid dienone is 3. The average Bonchev–Trinajstić information content (AvgIpc) is 3.21. The molecule has 0 bridgehead atoms. The number of fused-ring (bicyclic) bond motifs is 1. The van der Waals surface area contributed by atoms with Crippen molar-refractivity contribution in [2.45, 2.75) is 70.9 Å². The van der Waals surface area contributed by atoms with Crippen molar-refractivity contribution in [1.82, 2.24) is 20.4 Å². The maximum absolute atomic E-state index is 13.5. The van der Waals surface area contributed by atoms with Crippen LogP contribution >= 0.6 is 0 Å². The van der Waals surface area contributed by atoms with E-state index in [2.05, 4.69) is 41.8 Å². The first-order chi connectivity index (χ1) is 15.1. The predicted molar refractivity (Wildman–Crippen MR) is 123 cm³/mol. The van der Waals surface area contributed by atoms with Gasteiger partial charge in [-0.25, -0.2) is 4.68 Å². The van der Waals surface area contributed by atoms with Gasteiger partial charge < -0.3 is 21.7 Å². The van der Waals surface area contributed by atoms with Gasteiger partial charge in [0.25, 0.3) is 11.8 Å². The molecule has 0 spiro atoms. The van der Waals surface area contributed by atoms with Gasteiger partial charge in [0.2, 0.25) is 5.91 Å². The first-order valence-corrected chi connectivity index (χ1v) is 11.2. The molecule has 1 aromatic rings. The quantitative estimate of drug-likeness (QED) is 0.489. The summed E-state index contributed by atoms with van der Waals surface area (Å²) in [6, 6.07) is 0. The Labute approximate surface area is 188 Å². The Morgan fingerprint density at radius 3 is 2.59 bits per heavy atom. The highest BCUT2D eigenvalue weighted by Gasteiger charge is 2.43. The van der Waals surface area contributed by atoms with E-state index < -0.39 is 23.3 Å². The smallest absolute Gasteiger partial charge is 0.257 e. The molecule has 32 heavy (non-hydrogen) atoms. The number of primary amides is 1. The second kappa shape index (κ2) is 9.18. The van der Waals surface area contributed by atoms with Crippen LogP contribution < -0.4 is 21.7 Å². The van der Waals surface area contributed by atoms with Crippen LogP contribution in [0.2, 0.25) is 0 Å². The number of anilines is 1. The molecule has 5 N–H and O–H groups in total. The Kier molecular flexibility index (Phi) is 6.76. The van der Waals surface area contributed by atoms with E-state index in [4.69, 9.17) is 5.73 Å². The number of rotatable bonds is 8. The summed E-state index contributed by atoms with van der Waals surface area (Å²) >= 11 is 0. The van der Waals surface area contributed by atoms with Gasteiger partial charge in [0.1, 0.15) is 16.9 Å². The molecule has 0 saturated heterocycles. The van der Waals surface area contributed by atoms with Crippen LogP contribution in [0.4, 0.5) is 5.82 Å². The highest BCUT2D eigenvalue weighted by Crippen LogP contribution is 2.34. The van der Waals surface area contributed by atoms with Crippen LogP contribution in [0.3, 0.4) is 0 Å². The number of nitrogens with zero attached hydrogens (tertiary/aromatic N) is 2. The van der Waals surface area contributed by atoms with E-state index >= 15 is 0 Å². The Balaban J connectivity index is 1.97. The van der Waals surface area contributed by atoms with E-state index in [0.717, 1.165) is 31.4 Å². The molecule has 3 rings (SSSR count). The van der Waals surface area contributed by atoms with Crippen molar-refractivity contribution in [3.05, 3.63) is 35.1 Å². The highest BCUT2D eigenvalue weighted by atomic mass is 16.2. The minimum absolute atomic E-state index is 0.215. The van der Waals surface area contributed by atoms with E-state index in [1.165, 1.54) is 11.8 Å². The van der Waals surface area contributed by atoms with Crippen LogP contribution in [0.25, 0.3) is 0 Å².